The zero-order valence-electron chi connectivity index (χ0n) is 26.6. The van der Waals surface area contributed by atoms with Crippen LogP contribution in [0.15, 0.2) is 170 Å². The number of benzene rings is 4. The third kappa shape index (κ3) is 4.96. The number of hydrogen-bond acceptors (Lipinski definition) is 1. The van der Waals surface area contributed by atoms with Gasteiger partial charge in [0.05, 0.1) is 11.4 Å². The second kappa shape index (κ2) is 11.8. The molecule has 0 saturated carbocycles. The molecule has 1 aliphatic heterocycles. The summed E-state index contributed by atoms with van der Waals surface area (Å²) in [6, 6.07) is 58.2. The van der Waals surface area contributed by atoms with E-state index in [9.17, 15) is 5.21 Å². The normalized spacial score (nSPS) is 12.8. The van der Waals surface area contributed by atoms with Crippen LogP contribution in [0.4, 0.5) is 0 Å². The van der Waals surface area contributed by atoms with Crippen molar-refractivity contribution in [1.29, 1.82) is 0 Å². The van der Waals surface area contributed by atoms with Crippen LogP contribution in [0.5, 0.6) is 0 Å². The van der Waals surface area contributed by atoms with Crippen LogP contribution in [0, 0.1) is 0 Å². The Morgan fingerprint density at radius 3 is 0.959 bits per heavy atom. The van der Waals surface area contributed by atoms with E-state index in [0.717, 1.165) is 77.3 Å². The Kier molecular flexibility index (Phi) is 6.87. The third-order valence-corrected chi connectivity index (χ3v) is 9.29. The summed E-state index contributed by atoms with van der Waals surface area (Å²) in [6.45, 7) is 0. The van der Waals surface area contributed by atoms with Crippen LogP contribution in [0.3, 0.4) is 0 Å². The molecule has 5 nitrogen and oxygen atoms in total. The highest BCUT2D eigenvalue weighted by Gasteiger charge is 2.21. The van der Waals surface area contributed by atoms with E-state index in [2.05, 4.69) is 124 Å². The number of aromatic nitrogens is 4. The first-order valence-corrected chi connectivity index (χ1v) is 16.4. The minimum absolute atomic E-state index is 0.682. The first-order valence-electron chi connectivity index (χ1n) is 16.4. The van der Waals surface area contributed by atoms with Gasteiger partial charge in [0.2, 0.25) is 0 Å². The summed E-state index contributed by atoms with van der Waals surface area (Å²) >= 11 is 0. The molecule has 0 unspecified atom stereocenters. The van der Waals surface area contributed by atoms with Gasteiger partial charge in [-0.3, -0.25) is 0 Å². The Labute approximate surface area is 282 Å². The molecule has 0 atom stereocenters. The maximum Gasteiger partial charge on any atom is 0.0899 e. The van der Waals surface area contributed by atoms with Gasteiger partial charge >= 0.3 is 0 Å². The summed E-state index contributed by atoms with van der Waals surface area (Å²) in [6.07, 6.45) is 0. The van der Waals surface area contributed by atoms with Crippen molar-refractivity contribution < 1.29 is 5.21 Å². The van der Waals surface area contributed by atoms with Gasteiger partial charge in [0.1, 0.15) is 0 Å². The highest BCUT2D eigenvalue weighted by atomic mass is 16.5. The number of rotatable bonds is 4. The van der Waals surface area contributed by atoms with Crippen molar-refractivity contribution in [3.05, 3.63) is 236 Å². The van der Waals surface area contributed by atoms with Gasteiger partial charge in [-0.05, 0) is 70.8 Å². The summed E-state index contributed by atoms with van der Waals surface area (Å²) < 4.78 is 1.33. The van der Waals surface area contributed by atoms with E-state index < -0.39 is 0 Å². The predicted molar refractivity (Wildman–Crippen MR) is 195 cm³/mol. The molecule has 1 aliphatic rings. The van der Waals surface area contributed by atoms with Crippen molar-refractivity contribution in [2.45, 2.75) is 0 Å². The number of fused-ring (bicyclic) bond motifs is 8. The van der Waals surface area contributed by atoms with E-state index in [4.69, 9.17) is 0 Å². The molecule has 9 rings (SSSR count). The average Bonchev–Trinajstić information content (AvgIpc) is 3.98. The van der Waals surface area contributed by atoms with Crippen molar-refractivity contribution in [3.63, 3.8) is 0 Å². The fourth-order valence-electron chi connectivity index (χ4n) is 7.08. The standard InChI is InChI=1S/C44H32N4O/c49-48-39-27-28-40(48)44(32-19-11-4-12-20-32)38-26-24-36(47-38)42(30-15-7-2-8-16-30)34-22-21-33(45-34)41(29-13-5-1-6-14-29)35-23-25-37(46-35)43(39)31-17-9-3-10-18-31/h1-28,45-47,49H. The Morgan fingerprint density at radius 1 is 0.306 bits per heavy atom. The molecule has 5 heterocycles. The second-order valence-electron chi connectivity index (χ2n) is 12.2. The topological polar surface area (TPSA) is 72.5 Å². The zero-order chi connectivity index (χ0) is 32.7. The number of nitrogens with zero attached hydrogens (tertiary/aromatic N) is 1. The van der Waals surface area contributed by atoms with E-state index >= 15 is 0 Å². The van der Waals surface area contributed by atoms with Crippen molar-refractivity contribution >= 4 is 22.3 Å². The third-order valence-electron chi connectivity index (χ3n) is 9.29. The molecule has 0 aliphatic carbocycles. The van der Waals surface area contributed by atoms with Crippen LogP contribution < -0.4 is 21.4 Å². The lowest BCUT2D eigenvalue weighted by Crippen LogP contribution is -2.20. The van der Waals surface area contributed by atoms with Gasteiger partial charge in [-0.2, -0.15) is 4.73 Å². The minimum atomic E-state index is 0.682. The maximum absolute atomic E-state index is 12.2. The zero-order valence-corrected chi connectivity index (χ0v) is 26.6. The fraction of sp³-hybridized carbons (Fsp3) is 0. The Balaban J connectivity index is 1.47. The van der Waals surface area contributed by atoms with Crippen LogP contribution >= 0.6 is 0 Å². The number of hydrogen-bond donors (Lipinski definition) is 4. The van der Waals surface area contributed by atoms with Crippen LogP contribution in [0.2, 0.25) is 0 Å². The lowest BCUT2D eigenvalue weighted by Gasteiger charge is -2.13. The van der Waals surface area contributed by atoms with Gasteiger partial charge < -0.3 is 20.2 Å². The quantitative estimate of drug-likeness (QED) is 0.176. The lowest BCUT2D eigenvalue weighted by molar-refractivity contribution is 0.182. The van der Waals surface area contributed by atoms with Gasteiger partial charge in [0.15, 0.2) is 0 Å². The lowest BCUT2D eigenvalue weighted by atomic mass is 10.0. The monoisotopic (exact) mass is 632 g/mol. The summed E-state index contributed by atoms with van der Waals surface area (Å²) in [5.74, 6) is 0. The molecule has 8 aromatic rings. The molecule has 5 heteroatoms. The first kappa shape index (κ1) is 28.5. The smallest absolute Gasteiger partial charge is 0.0899 e. The summed E-state index contributed by atoms with van der Waals surface area (Å²) in [7, 11) is 0. The Hall–Kier alpha value is -6.72. The molecule has 49 heavy (non-hydrogen) atoms. The molecule has 4 N–H and O–H groups in total. The van der Waals surface area contributed by atoms with E-state index in [0.29, 0.717) is 11.4 Å². The SMILES string of the molecule is On1c2ccc1C(c1ccccc1)=c1ccc([nH]1)=C(c1ccccc1)c1ccc([nH]1)C(c1ccccc1)=c1ccc([nH]1)=C2c1ccccc1. The van der Waals surface area contributed by atoms with Crippen LogP contribution in [-0.4, -0.2) is 24.9 Å². The van der Waals surface area contributed by atoms with Crippen LogP contribution in [0.25, 0.3) is 22.3 Å². The molecule has 4 aromatic heterocycles. The average molecular weight is 633 g/mol. The Bertz CT molecular complexity index is 2510. The van der Waals surface area contributed by atoms with Crippen LogP contribution in [-0.2, 0) is 0 Å². The van der Waals surface area contributed by atoms with Crippen molar-refractivity contribution in [2.24, 2.45) is 0 Å². The fourth-order valence-corrected chi connectivity index (χ4v) is 7.08. The molecule has 234 valence electrons. The van der Waals surface area contributed by atoms with Gasteiger partial charge in [0.25, 0.3) is 0 Å². The van der Waals surface area contributed by atoms with Crippen molar-refractivity contribution in [3.8, 4) is 0 Å². The van der Waals surface area contributed by atoms with Gasteiger partial charge in [-0.25, -0.2) is 0 Å². The molecule has 0 saturated heterocycles. The van der Waals surface area contributed by atoms with E-state index in [1.807, 2.05) is 60.7 Å². The molecule has 8 bridgehead atoms. The maximum atomic E-state index is 12.2. The second-order valence-corrected chi connectivity index (χ2v) is 12.2. The summed E-state index contributed by atoms with van der Waals surface area (Å²) in [5, 5.41) is 15.9. The van der Waals surface area contributed by atoms with E-state index in [-0.39, 0.29) is 0 Å². The molecule has 4 aromatic carbocycles. The highest BCUT2D eigenvalue weighted by Crippen LogP contribution is 2.29. The molecule has 0 amide bonds. The van der Waals surface area contributed by atoms with E-state index in [1.54, 1.807) is 0 Å². The first-order chi connectivity index (χ1) is 24.2. The number of nitrogens with one attached hydrogen (secondary N) is 3. The molecule has 0 fully saturated rings. The number of aromatic amines is 3. The number of H-pyrrole nitrogens is 3. The van der Waals surface area contributed by atoms with Crippen LogP contribution in [0.1, 0.15) is 45.0 Å². The van der Waals surface area contributed by atoms with E-state index in [1.165, 1.54) is 4.73 Å². The Morgan fingerprint density at radius 2 is 0.612 bits per heavy atom. The van der Waals surface area contributed by atoms with Gasteiger partial charge in [-0.15, -0.1) is 0 Å². The summed E-state index contributed by atoms with van der Waals surface area (Å²) in [5.41, 5.74) is 11.4. The highest BCUT2D eigenvalue weighted by molar-refractivity contribution is 5.84. The molecular formula is C44H32N4O. The van der Waals surface area contributed by atoms with Crippen molar-refractivity contribution in [1.82, 2.24) is 19.7 Å². The summed E-state index contributed by atoms with van der Waals surface area (Å²) in [4.78, 5) is 11.3. The molecule has 0 radical (unpaired) electrons. The van der Waals surface area contributed by atoms with Crippen molar-refractivity contribution in [2.75, 3.05) is 0 Å². The van der Waals surface area contributed by atoms with Gasteiger partial charge in [0, 0.05) is 55.1 Å². The minimum Gasteiger partial charge on any atom is -0.428 e. The predicted octanol–water partition coefficient (Wildman–Crippen LogP) is 6.01. The largest absolute Gasteiger partial charge is 0.428 e. The van der Waals surface area contributed by atoms with Gasteiger partial charge in [-0.1, -0.05) is 121 Å². The molecular weight excluding hydrogens is 601 g/mol. The molecule has 0 spiro atoms.